The van der Waals surface area contributed by atoms with Gasteiger partial charge in [0.25, 0.3) is 5.91 Å². The molecular weight excluding hydrogens is 416 g/mol. The average molecular weight is 447 g/mol. The van der Waals surface area contributed by atoms with E-state index in [1.165, 1.54) is 5.56 Å². The van der Waals surface area contributed by atoms with Crippen LogP contribution in [0.15, 0.2) is 42.5 Å². The molecule has 172 valence electrons. The lowest BCUT2D eigenvalue weighted by molar-refractivity contribution is 0.0560. The Morgan fingerprint density at radius 3 is 2.33 bits per heavy atom. The van der Waals surface area contributed by atoms with Gasteiger partial charge in [-0.05, 0) is 38.0 Å². The molecule has 1 fully saturated rings. The van der Waals surface area contributed by atoms with E-state index in [2.05, 4.69) is 0 Å². The highest BCUT2D eigenvalue weighted by atomic mass is 16.6. The standard InChI is InChI=1S/C26H30N4O3/c1-4-15-33-26(32)30-13-11-29(12-14-30)25(31)20-9-10-21-18(3)23(27)24(28-22(21)16-20)19-7-5-17(2)6-8-19/h5-10,16H,4,11-15,27H2,1-3H3. The van der Waals surface area contributed by atoms with E-state index in [-0.39, 0.29) is 12.0 Å². The van der Waals surface area contributed by atoms with E-state index in [9.17, 15) is 9.59 Å². The molecule has 1 aromatic heterocycles. The number of hydrogen-bond donors (Lipinski definition) is 1. The van der Waals surface area contributed by atoms with E-state index in [1.54, 1.807) is 9.80 Å². The minimum atomic E-state index is -0.310. The van der Waals surface area contributed by atoms with E-state index in [0.29, 0.717) is 44.0 Å². The fourth-order valence-electron chi connectivity index (χ4n) is 4.06. The van der Waals surface area contributed by atoms with Gasteiger partial charge in [0.1, 0.15) is 0 Å². The van der Waals surface area contributed by atoms with E-state index in [4.69, 9.17) is 15.5 Å². The highest BCUT2D eigenvalue weighted by molar-refractivity contribution is 6.00. The molecule has 33 heavy (non-hydrogen) atoms. The summed E-state index contributed by atoms with van der Waals surface area (Å²) in [5.74, 6) is -0.0633. The van der Waals surface area contributed by atoms with Crippen LogP contribution in [0.2, 0.25) is 0 Å². The zero-order valence-corrected chi connectivity index (χ0v) is 19.4. The Morgan fingerprint density at radius 1 is 1.00 bits per heavy atom. The van der Waals surface area contributed by atoms with Crippen molar-refractivity contribution in [1.29, 1.82) is 0 Å². The molecule has 2 aromatic carbocycles. The van der Waals surface area contributed by atoms with Gasteiger partial charge in [0.2, 0.25) is 0 Å². The van der Waals surface area contributed by atoms with Crippen molar-refractivity contribution in [2.75, 3.05) is 38.5 Å². The van der Waals surface area contributed by atoms with E-state index < -0.39 is 0 Å². The highest BCUT2D eigenvalue weighted by Crippen LogP contribution is 2.32. The number of carbonyl (C=O) groups excluding carboxylic acids is 2. The monoisotopic (exact) mass is 446 g/mol. The predicted octanol–water partition coefficient (Wildman–Crippen LogP) is 4.41. The Labute approximate surface area is 194 Å². The molecule has 1 aliphatic heterocycles. The molecule has 0 saturated carbocycles. The number of ether oxygens (including phenoxy) is 1. The molecule has 1 aliphatic rings. The number of fused-ring (bicyclic) bond motifs is 1. The quantitative estimate of drug-likeness (QED) is 0.641. The molecule has 0 bridgehead atoms. The van der Waals surface area contributed by atoms with Crippen LogP contribution >= 0.6 is 0 Å². The second-order valence-corrected chi connectivity index (χ2v) is 8.49. The molecule has 0 atom stereocenters. The van der Waals surface area contributed by atoms with Crippen LogP contribution < -0.4 is 5.73 Å². The number of aromatic nitrogens is 1. The SMILES string of the molecule is CCCOC(=O)N1CCN(C(=O)c2ccc3c(C)c(N)c(-c4ccc(C)cc4)nc3c2)CC1. The Bertz CT molecular complexity index is 1180. The van der Waals surface area contributed by atoms with Crippen molar-refractivity contribution in [1.82, 2.24) is 14.8 Å². The topological polar surface area (TPSA) is 88.8 Å². The van der Waals surface area contributed by atoms with E-state index >= 15 is 0 Å². The minimum Gasteiger partial charge on any atom is -0.449 e. The van der Waals surface area contributed by atoms with Crippen molar-refractivity contribution in [3.05, 3.63) is 59.2 Å². The summed E-state index contributed by atoms with van der Waals surface area (Å²) in [4.78, 5) is 33.5. The lowest BCUT2D eigenvalue weighted by atomic mass is 10.0. The molecule has 2 heterocycles. The number of benzene rings is 2. The lowest BCUT2D eigenvalue weighted by Gasteiger charge is -2.34. The fourth-order valence-corrected chi connectivity index (χ4v) is 4.06. The first-order chi connectivity index (χ1) is 15.9. The number of carbonyl (C=O) groups is 2. The first-order valence-corrected chi connectivity index (χ1v) is 11.4. The van der Waals surface area contributed by atoms with Gasteiger partial charge >= 0.3 is 6.09 Å². The Hall–Kier alpha value is -3.61. The van der Waals surface area contributed by atoms with E-state index in [0.717, 1.165) is 34.1 Å². The molecule has 0 radical (unpaired) electrons. The fraction of sp³-hybridized carbons (Fsp3) is 0.346. The highest BCUT2D eigenvalue weighted by Gasteiger charge is 2.26. The summed E-state index contributed by atoms with van der Waals surface area (Å²) < 4.78 is 5.20. The van der Waals surface area contributed by atoms with Gasteiger partial charge < -0.3 is 20.3 Å². The van der Waals surface area contributed by atoms with Crippen LogP contribution in [0, 0.1) is 13.8 Å². The van der Waals surface area contributed by atoms with Crippen LogP contribution in [0.3, 0.4) is 0 Å². The third-order valence-electron chi connectivity index (χ3n) is 6.12. The zero-order valence-electron chi connectivity index (χ0n) is 19.4. The Kier molecular flexibility index (Phi) is 6.49. The number of nitrogen functional groups attached to an aromatic ring is 1. The van der Waals surface area contributed by atoms with Crippen LogP contribution in [0.1, 0.15) is 34.8 Å². The van der Waals surface area contributed by atoms with Crippen LogP contribution in [-0.4, -0.2) is 59.6 Å². The van der Waals surface area contributed by atoms with Crippen LogP contribution in [0.25, 0.3) is 22.2 Å². The second-order valence-electron chi connectivity index (χ2n) is 8.49. The van der Waals surface area contributed by atoms with Gasteiger partial charge in [0.15, 0.2) is 0 Å². The zero-order chi connectivity index (χ0) is 23.5. The Morgan fingerprint density at radius 2 is 1.67 bits per heavy atom. The van der Waals surface area contributed by atoms with E-state index in [1.807, 2.05) is 63.2 Å². The molecule has 2 N–H and O–H groups in total. The van der Waals surface area contributed by atoms with Gasteiger partial charge in [0, 0.05) is 42.7 Å². The summed E-state index contributed by atoms with van der Waals surface area (Å²) in [6.45, 7) is 8.27. The van der Waals surface area contributed by atoms with Crippen molar-refractivity contribution < 1.29 is 14.3 Å². The van der Waals surface area contributed by atoms with Crippen molar-refractivity contribution in [2.45, 2.75) is 27.2 Å². The van der Waals surface area contributed by atoms with Crippen molar-refractivity contribution in [3.8, 4) is 11.3 Å². The molecule has 1 saturated heterocycles. The third-order valence-corrected chi connectivity index (χ3v) is 6.12. The lowest BCUT2D eigenvalue weighted by Crippen LogP contribution is -2.50. The molecule has 2 amide bonds. The summed E-state index contributed by atoms with van der Waals surface area (Å²) >= 11 is 0. The first kappa shape index (κ1) is 22.6. The molecule has 7 heteroatoms. The number of rotatable bonds is 4. The number of hydrogen-bond acceptors (Lipinski definition) is 5. The van der Waals surface area contributed by atoms with Gasteiger partial charge in [-0.3, -0.25) is 4.79 Å². The molecule has 7 nitrogen and oxygen atoms in total. The Balaban J connectivity index is 1.56. The maximum atomic E-state index is 13.2. The number of piperazine rings is 1. The maximum Gasteiger partial charge on any atom is 0.409 e. The summed E-state index contributed by atoms with van der Waals surface area (Å²) in [6.07, 6.45) is 0.479. The van der Waals surface area contributed by atoms with Gasteiger partial charge in [-0.15, -0.1) is 0 Å². The molecule has 3 aromatic rings. The average Bonchev–Trinajstić information content (AvgIpc) is 2.84. The van der Waals surface area contributed by atoms with Gasteiger partial charge in [-0.25, -0.2) is 9.78 Å². The molecule has 0 unspecified atom stereocenters. The number of nitrogens with zero attached hydrogens (tertiary/aromatic N) is 3. The summed E-state index contributed by atoms with van der Waals surface area (Å²) in [6, 6.07) is 13.7. The second kappa shape index (κ2) is 9.48. The number of anilines is 1. The third kappa shape index (κ3) is 4.62. The van der Waals surface area contributed by atoms with Crippen LogP contribution in [0.4, 0.5) is 10.5 Å². The number of amides is 2. The number of aryl methyl sites for hydroxylation is 2. The van der Waals surface area contributed by atoms with Crippen molar-refractivity contribution >= 4 is 28.6 Å². The largest absolute Gasteiger partial charge is 0.449 e. The number of nitrogens with two attached hydrogens (primary N) is 1. The minimum absolute atomic E-state index is 0.0633. The van der Waals surface area contributed by atoms with Gasteiger partial charge in [-0.2, -0.15) is 0 Å². The van der Waals surface area contributed by atoms with Crippen LogP contribution in [-0.2, 0) is 4.74 Å². The number of pyridine rings is 1. The summed E-state index contributed by atoms with van der Waals surface area (Å²) in [7, 11) is 0. The first-order valence-electron chi connectivity index (χ1n) is 11.4. The summed E-state index contributed by atoms with van der Waals surface area (Å²) in [5.41, 5.74) is 12.2. The van der Waals surface area contributed by atoms with Crippen molar-refractivity contribution in [3.63, 3.8) is 0 Å². The molecular formula is C26H30N4O3. The molecule has 0 aliphatic carbocycles. The van der Waals surface area contributed by atoms with Gasteiger partial charge in [-0.1, -0.05) is 42.8 Å². The van der Waals surface area contributed by atoms with Crippen LogP contribution in [0.5, 0.6) is 0 Å². The van der Waals surface area contributed by atoms with Crippen molar-refractivity contribution in [2.24, 2.45) is 0 Å². The smallest absolute Gasteiger partial charge is 0.409 e. The van der Waals surface area contributed by atoms with Gasteiger partial charge in [0.05, 0.1) is 23.5 Å². The summed E-state index contributed by atoms with van der Waals surface area (Å²) in [5, 5.41) is 0.934. The predicted molar refractivity (Wildman–Crippen MR) is 130 cm³/mol. The normalized spacial score (nSPS) is 13.9. The molecule has 4 rings (SSSR count). The maximum absolute atomic E-state index is 13.2. The molecule has 0 spiro atoms.